The van der Waals surface area contributed by atoms with Gasteiger partial charge in [0, 0.05) is 18.7 Å². The van der Waals surface area contributed by atoms with E-state index >= 15 is 0 Å². The molecule has 0 unspecified atom stereocenters. The molecule has 162 valence electrons. The number of methoxy groups -OCH3 is 1. The van der Waals surface area contributed by atoms with Gasteiger partial charge in [0.15, 0.2) is 0 Å². The van der Waals surface area contributed by atoms with Crippen molar-refractivity contribution in [3.63, 3.8) is 0 Å². The fourth-order valence-electron chi connectivity index (χ4n) is 3.39. The summed E-state index contributed by atoms with van der Waals surface area (Å²) in [5.41, 5.74) is 0.519. The molecule has 0 bridgehead atoms. The Labute approximate surface area is 182 Å². The number of rotatable bonds is 8. The van der Waals surface area contributed by atoms with E-state index in [2.05, 4.69) is 14.9 Å². The maximum Gasteiger partial charge on any atom is 0.263 e. The van der Waals surface area contributed by atoms with Crippen LogP contribution in [0, 0.1) is 0 Å². The normalized spacial score (nSPS) is 14.9. The van der Waals surface area contributed by atoms with E-state index in [9.17, 15) is 13.2 Å². The topological polar surface area (TPSA) is 87.7 Å². The van der Waals surface area contributed by atoms with Crippen LogP contribution in [-0.4, -0.2) is 52.5 Å². The number of carbonyl (C=O) groups excluding carboxylic acids is 1. The highest BCUT2D eigenvalue weighted by atomic mass is 35.5. The van der Waals surface area contributed by atoms with E-state index in [1.54, 1.807) is 24.3 Å². The number of hydrogen-bond acceptors (Lipinski definition) is 5. The zero-order valence-electron chi connectivity index (χ0n) is 16.9. The van der Waals surface area contributed by atoms with Crippen LogP contribution in [0.4, 0.5) is 5.69 Å². The van der Waals surface area contributed by atoms with Gasteiger partial charge in [-0.2, -0.15) is 0 Å². The average molecular weight is 452 g/mol. The van der Waals surface area contributed by atoms with Gasteiger partial charge >= 0.3 is 0 Å². The maximum absolute atomic E-state index is 12.9. The third-order valence-corrected chi connectivity index (χ3v) is 6.84. The molecule has 30 heavy (non-hydrogen) atoms. The van der Waals surface area contributed by atoms with Crippen molar-refractivity contribution in [2.24, 2.45) is 0 Å². The number of halogens is 1. The minimum atomic E-state index is -4.02. The Morgan fingerprint density at radius 1 is 1.13 bits per heavy atom. The second kappa shape index (κ2) is 10.1. The quantitative estimate of drug-likeness (QED) is 0.642. The standard InChI is InChI=1S/C21H26ClN3O4S/c1-29-19-8-4-3-7-18(19)24-30(27,28)20-15-16(9-10-17(20)22)21(26)23-11-14-25-12-5-2-6-13-25/h3-4,7-10,15,24H,2,5-6,11-14H2,1H3,(H,23,26). The number of piperidine rings is 1. The van der Waals surface area contributed by atoms with Crippen LogP contribution in [0.1, 0.15) is 29.6 Å². The van der Waals surface area contributed by atoms with Crippen molar-refractivity contribution < 1.29 is 17.9 Å². The Balaban J connectivity index is 1.71. The predicted molar refractivity (Wildman–Crippen MR) is 118 cm³/mol. The second-order valence-corrected chi connectivity index (χ2v) is 9.17. The Morgan fingerprint density at radius 2 is 1.87 bits per heavy atom. The summed E-state index contributed by atoms with van der Waals surface area (Å²) in [6.45, 7) is 3.38. The molecule has 7 nitrogen and oxygen atoms in total. The van der Waals surface area contributed by atoms with Crippen molar-refractivity contribution in [3.8, 4) is 5.75 Å². The van der Waals surface area contributed by atoms with E-state index in [-0.39, 0.29) is 27.1 Å². The molecule has 1 heterocycles. The van der Waals surface area contributed by atoms with Crippen LogP contribution in [-0.2, 0) is 10.0 Å². The molecule has 0 aliphatic carbocycles. The lowest BCUT2D eigenvalue weighted by Gasteiger charge is -2.26. The second-order valence-electron chi connectivity index (χ2n) is 7.11. The first kappa shape index (κ1) is 22.4. The number of ether oxygens (including phenoxy) is 1. The first-order valence-electron chi connectivity index (χ1n) is 9.86. The smallest absolute Gasteiger partial charge is 0.263 e. The summed E-state index contributed by atoms with van der Waals surface area (Å²) in [4.78, 5) is 14.7. The zero-order valence-corrected chi connectivity index (χ0v) is 18.4. The summed E-state index contributed by atoms with van der Waals surface area (Å²) in [7, 11) is -2.57. The zero-order chi connectivity index (χ0) is 21.6. The Kier molecular flexibility index (Phi) is 7.58. The Bertz CT molecular complexity index is 991. The highest BCUT2D eigenvalue weighted by Gasteiger charge is 2.22. The number of amides is 1. The van der Waals surface area contributed by atoms with Gasteiger partial charge in [-0.3, -0.25) is 9.52 Å². The number of hydrogen-bond donors (Lipinski definition) is 2. The van der Waals surface area contributed by atoms with Crippen LogP contribution in [0.25, 0.3) is 0 Å². The molecular weight excluding hydrogens is 426 g/mol. The molecule has 9 heteroatoms. The first-order valence-corrected chi connectivity index (χ1v) is 11.7. The van der Waals surface area contributed by atoms with E-state index in [0.717, 1.165) is 19.6 Å². The van der Waals surface area contributed by atoms with E-state index < -0.39 is 10.0 Å². The molecule has 2 N–H and O–H groups in total. The molecule has 1 saturated heterocycles. The number of nitrogens with one attached hydrogen (secondary N) is 2. The summed E-state index contributed by atoms with van der Waals surface area (Å²) in [6, 6.07) is 10.9. The largest absolute Gasteiger partial charge is 0.495 e. The Hall–Kier alpha value is -2.29. The lowest BCUT2D eigenvalue weighted by Crippen LogP contribution is -2.37. The van der Waals surface area contributed by atoms with Gasteiger partial charge < -0.3 is 15.0 Å². The van der Waals surface area contributed by atoms with Gasteiger partial charge in [0.25, 0.3) is 15.9 Å². The molecule has 0 saturated carbocycles. The molecule has 0 atom stereocenters. The van der Waals surface area contributed by atoms with Crippen molar-refractivity contribution in [3.05, 3.63) is 53.1 Å². The SMILES string of the molecule is COc1ccccc1NS(=O)(=O)c1cc(C(=O)NCCN2CCCCC2)ccc1Cl. The van der Waals surface area contributed by atoms with Gasteiger partial charge in [0.2, 0.25) is 0 Å². The van der Waals surface area contributed by atoms with Gasteiger partial charge in [-0.1, -0.05) is 30.2 Å². The van der Waals surface area contributed by atoms with Crippen molar-refractivity contribution in [2.45, 2.75) is 24.2 Å². The highest BCUT2D eigenvalue weighted by Crippen LogP contribution is 2.29. The van der Waals surface area contributed by atoms with Crippen molar-refractivity contribution in [1.29, 1.82) is 0 Å². The van der Waals surface area contributed by atoms with E-state index in [1.165, 1.54) is 44.6 Å². The summed E-state index contributed by atoms with van der Waals surface area (Å²) in [5, 5.41) is 2.88. The van der Waals surface area contributed by atoms with Gasteiger partial charge in [-0.15, -0.1) is 0 Å². The fraction of sp³-hybridized carbons (Fsp3) is 0.381. The predicted octanol–water partition coefficient (Wildman–Crippen LogP) is 3.37. The number of likely N-dealkylation sites (tertiary alicyclic amines) is 1. The van der Waals surface area contributed by atoms with Crippen LogP contribution in [0.3, 0.4) is 0 Å². The van der Waals surface area contributed by atoms with Crippen LogP contribution in [0.5, 0.6) is 5.75 Å². The molecule has 1 fully saturated rings. The molecule has 1 aliphatic heterocycles. The van der Waals surface area contributed by atoms with E-state index in [4.69, 9.17) is 16.3 Å². The minimum Gasteiger partial charge on any atom is -0.495 e. The van der Waals surface area contributed by atoms with Crippen molar-refractivity contribution >= 4 is 33.2 Å². The van der Waals surface area contributed by atoms with Gasteiger partial charge in [-0.25, -0.2) is 8.42 Å². The first-order chi connectivity index (χ1) is 14.4. The summed E-state index contributed by atoms with van der Waals surface area (Å²) < 4.78 is 33.5. The monoisotopic (exact) mass is 451 g/mol. The highest BCUT2D eigenvalue weighted by molar-refractivity contribution is 7.92. The third-order valence-electron chi connectivity index (χ3n) is 5.00. The summed E-state index contributed by atoms with van der Waals surface area (Å²) in [5.74, 6) is 0.0428. The molecule has 0 aromatic heterocycles. The lowest BCUT2D eigenvalue weighted by molar-refractivity contribution is 0.0946. The maximum atomic E-state index is 12.9. The van der Waals surface area contributed by atoms with Gasteiger partial charge in [0.05, 0.1) is 17.8 Å². The lowest BCUT2D eigenvalue weighted by atomic mass is 10.1. The summed E-state index contributed by atoms with van der Waals surface area (Å²) in [6.07, 6.45) is 3.63. The van der Waals surface area contributed by atoms with Gasteiger partial charge in [0.1, 0.15) is 10.6 Å². The number of sulfonamides is 1. The van der Waals surface area contributed by atoms with E-state index in [1.807, 2.05) is 0 Å². The molecule has 2 aromatic rings. The molecule has 0 radical (unpaired) electrons. The van der Waals surface area contributed by atoms with Crippen molar-refractivity contribution in [1.82, 2.24) is 10.2 Å². The molecule has 2 aromatic carbocycles. The Morgan fingerprint density at radius 3 is 2.60 bits per heavy atom. The van der Waals surface area contributed by atoms with Crippen LogP contribution < -0.4 is 14.8 Å². The van der Waals surface area contributed by atoms with Crippen LogP contribution in [0.2, 0.25) is 5.02 Å². The number of para-hydroxylation sites is 2. The summed E-state index contributed by atoms with van der Waals surface area (Å²) >= 11 is 6.14. The van der Waals surface area contributed by atoms with Crippen molar-refractivity contribution in [2.75, 3.05) is 38.0 Å². The third kappa shape index (κ3) is 5.65. The van der Waals surface area contributed by atoms with Crippen LogP contribution in [0.15, 0.2) is 47.4 Å². The molecule has 0 spiro atoms. The minimum absolute atomic E-state index is 0.0299. The number of carbonyl (C=O) groups is 1. The average Bonchev–Trinajstić information content (AvgIpc) is 2.74. The van der Waals surface area contributed by atoms with Crippen LogP contribution >= 0.6 is 11.6 Å². The number of anilines is 1. The molecule has 1 aliphatic rings. The molecule has 3 rings (SSSR count). The van der Waals surface area contributed by atoms with E-state index in [0.29, 0.717) is 12.3 Å². The molecule has 1 amide bonds. The molecular formula is C21H26ClN3O4S. The fourth-order valence-corrected chi connectivity index (χ4v) is 4.99. The number of nitrogens with zero attached hydrogens (tertiary/aromatic N) is 1. The van der Waals surface area contributed by atoms with Gasteiger partial charge in [-0.05, 0) is 56.3 Å². The number of benzene rings is 2.